The second-order valence-electron chi connectivity index (χ2n) is 4.31. The molecule has 1 aliphatic rings. The van der Waals surface area contributed by atoms with Gasteiger partial charge in [-0.1, -0.05) is 0 Å². The number of ether oxygens (including phenoxy) is 1. The Labute approximate surface area is 111 Å². The quantitative estimate of drug-likeness (QED) is 0.782. The first-order valence-corrected chi connectivity index (χ1v) is 6.36. The molecule has 0 atom stereocenters. The van der Waals surface area contributed by atoms with Crippen LogP contribution in [0.2, 0.25) is 0 Å². The van der Waals surface area contributed by atoms with Crippen LogP contribution >= 0.6 is 0 Å². The molecule has 0 bridgehead atoms. The van der Waals surface area contributed by atoms with Crippen molar-refractivity contribution in [3.63, 3.8) is 0 Å². The van der Waals surface area contributed by atoms with Gasteiger partial charge in [0.05, 0.1) is 13.2 Å². The lowest BCUT2D eigenvalue weighted by molar-refractivity contribution is -0.120. The van der Waals surface area contributed by atoms with Crippen LogP contribution in [0.25, 0.3) is 0 Å². The van der Waals surface area contributed by atoms with Crippen LogP contribution in [0.1, 0.15) is 30.1 Å². The van der Waals surface area contributed by atoms with Gasteiger partial charge < -0.3 is 15.4 Å². The largest absolute Gasteiger partial charge is 0.477 e. The smallest absolute Gasteiger partial charge is 0.257 e. The van der Waals surface area contributed by atoms with Crippen LogP contribution in [0.3, 0.4) is 0 Å². The molecule has 2 amide bonds. The van der Waals surface area contributed by atoms with E-state index in [0.717, 1.165) is 12.8 Å². The Balaban J connectivity index is 1.89. The van der Waals surface area contributed by atoms with Crippen LogP contribution in [0.15, 0.2) is 18.3 Å². The number of rotatable bonds is 6. The lowest BCUT2D eigenvalue weighted by atomic mass is 10.2. The molecule has 1 fully saturated rings. The van der Waals surface area contributed by atoms with Gasteiger partial charge in [0.25, 0.3) is 5.91 Å². The van der Waals surface area contributed by atoms with Gasteiger partial charge >= 0.3 is 0 Å². The Morgan fingerprint density at radius 1 is 1.47 bits per heavy atom. The number of amides is 2. The van der Waals surface area contributed by atoms with Crippen molar-refractivity contribution in [1.82, 2.24) is 15.6 Å². The average Bonchev–Trinajstić information content (AvgIpc) is 3.21. The highest BCUT2D eigenvalue weighted by molar-refractivity contribution is 5.98. The van der Waals surface area contributed by atoms with E-state index in [0.29, 0.717) is 18.2 Å². The van der Waals surface area contributed by atoms with Gasteiger partial charge in [-0.3, -0.25) is 9.59 Å². The molecule has 102 valence electrons. The van der Waals surface area contributed by atoms with Gasteiger partial charge in [-0.25, -0.2) is 4.98 Å². The van der Waals surface area contributed by atoms with Crippen LogP contribution < -0.4 is 15.4 Å². The number of nitrogens with one attached hydrogen (secondary N) is 2. The van der Waals surface area contributed by atoms with Gasteiger partial charge in [0, 0.05) is 12.2 Å². The maximum absolute atomic E-state index is 11.9. The van der Waals surface area contributed by atoms with Gasteiger partial charge in [-0.2, -0.15) is 0 Å². The monoisotopic (exact) mass is 263 g/mol. The van der Waals surface area contributed by atoms with E-state index in [9.17, 15) is 9.59 Å². The van der Waals surface area contributed by atoms with Crippen LogP contribution in [0.4, 0.5) is 0 Å². The summed E-state index contributed by atoms with van der Waals surface area (Å²) < 4.78 is 5.27. The molecule has 1 heterocycles. The van der Waals surface area contributed by atoms with Crippen molar-refractivity contribution in [2.24, 2.45) is 0 Å². The van der Waals surface area contributed by atoms with E-state index in [2.05, 4.69) is 15.6 Å². The van der Waals surface area contributed by atoms with E-state index in [4.69, 9.17) is 4.74 Å². The second-order valence-corrected chi connectivity index (χ2v) is 4.31. The van der Waals surface area contributed by atoms with E-state index >= 15 is 0 Å². The molecule has 0 radical (unpaired) electrons. The molecule has 0 saturated heterocycles. The Morgan fingerprint density at radius 2 is 2.26 bits per heavy atom. The molecule has 6 nitrogen and oxygen atoms in total. The van der Waals surface area contributed by atoms with Crippen molar-refractivity contribution < 1.29 is 14.3 Å². The van der Waals surface area contributed by atoms with Crippen molar-refractivity contribution in [1.29, 1.82) is 0 Å². The topological polar surface area (TPSA) is 80.3 Å². The first-order chi connectivity index (χ1) is 9.20. The lowest BCUT2D eigenvalue weighted by Gasteiger charge is -2.09. The third kappa shape index (κ3) is 3.94. The maximum Gasteiger partial charge on any atom is 0.257 e. The number of carbonyl (C=O) groups excluding carboxylic acids is 2. The average molecular weight is 263 g/mol. The van der Waals surface area contributed by atoms with E-state index < -0.39 is 0 Å². The SMILES string of the molecule is CCOc1ncccc1C(=O)NCC(=O)NC1CC1. The normalized spacial score (nSPS) is 13.7. The molecular formula is C13H17N3O3. The minimum absolute atomic E-state index is 0.0320. The fourth-order valence-electron chi connectivity index (χ4n) is 1.58. The summed E-state index contributed by atoms with van der Waals surface area (Å²) in [5, 5.41) is 5.36. The predicted octanol–water partition coefficient (Wildman–Crippen LogP) is 0.489. The molecule has 1 aromatic rings. The highest BCUT2D eigenvalue weighted by Crippen LogP contribution is 2.18. The fraction of sp³-hybridized carbons (Fsp3) is 0.462. The van der Waals surface area contributed by atoms with Crippen LogP contribution in [-0.2, 0) is 4.79 Å². The molecule has 0 aliphatic heterocycles. The third-order valence-electron chi connectivity index (χ3n) is 2.65. The summed E-state index contributed by atoms with van der Waals surface area (Å²) >= 11 is 0. The standard InChI is InChI=1S/C13H17N3O3/c1-2-19-13-10(4-3-7-14-13)12(18)15-8-11(17)16-9-5-6-9/h3-4,7,9H,2,5-6,8H2,1H3,(H,15,18)(H,16,17). The zero-order chi connectivity index (χ0) is 13.7. The van der Waals surface area contributed by atoms with Crippen LogP contribution in [-0.4, -0.2) is 36.0 Å². The molecule has 0 unspecified atom stereocenters. The Bertz CT molecular complexity index is 472. The minimum Gasteiger partial charge on any atom is -0.477 e. The van der Waals surface area contributed by atoms with Gasteiger partial charge in [0.15, 0.2) is 0 Å². The Morgan fingerprint density at radius 3 is 2.95 bits per heavy atom. The summed E-state index contributed by atoms with van der Waals surface area (Å²) in [5.41, 5.74) is 0.337. The Kier molecular flexibility index (Phi) is 4.33. The van der Waals surface area contributed by atoms with Crippen molar-refractivity contribution in [2.45, 2.75) is 25.8 Å². The summed E-state index contributed by atoms with van der Waals surface area (Å²) in [4.78, 5) is 27.4. The van der Waals surface area contributed by atoms with Crippen molar-refractivity contribution >= 4 is 11.8 Å². The number of aromatic nitrogens is 1. The summed E-state index contributed by atoms with van der Waals surface area (Å²) in [6.45, 7) is 2.22. The van der Waals surface area contributed by atoms with E-state index in [1.54, 1.807) is 18.3 Å². The molecular weight excluding hydrogens is 246 g/mol. The maximum atomic E-state index is 11.9. The van der Waals surface area contributed by atoms with E-state index in [-0.39, 0.29) is 24.2 Å². The molecule has 2 N–H and O–H groups in total. The second kappa shape index (κ2) is 6.17. The first kappa shape index (κ1) is 13.3. The van der Waals surface area contributed by atoms with Crippen molar-refractivity contribution in [3.05, 3.63) is 23.9 Å². The van der Waals surface area contributed by atoms with Crippen molar-refractivity contribution in [2.75, 3.05) is 13.2 Å². The fourth-order valence-corrected chi connectivity index (χ4v) is 1.58. The molecule has 0 aromatic carbocycles. The zero-order valence-corrected chi connectivity index (χ0v) is 10.8. The molecule has 6 heteroatoms. The summed E-state index contributed by atoms with van der Waals surface area (Å²) in [6, 6.07) is 3.56. The van der Waals surface area contributed by atoms with Gasteiger partial charge in [-0.15, -0.1) is 0 Å². The molecule has 0 spiro atoms. The van der Waals surface area contributed by atoms with Crippen LogP contribution in [0, 0.1) is 0 Å². The molecule has 1 aromatic heterocycles. The molecule has 19 heavy (non-hydrogen) atoms. The molecule has 2 rings (SSSR count). The number of pyridine rings is 1. The highest BCUT2D eigenvalue weighted by atomic mass is 16.5. The zero-order valence-electron chi connectivity index (χ0n) is 10.8. The highest BCUT2D eigenvalue weighted by Gasteiger charge is 2.23. The van der Waals surface area contributed by atoms with Gasteiger partial charge in [0.1, 0.15) is 5.56 Å². The van der Waals surface area contributed by atoms with E-state index in [1.807, 2.05) is 6.92 Å². The molecule has 1 aliphatic carbocycles. The Hall–Kier alpha value is -2.11. The number of hydrogen-bond donors (Lipinski definition) is 2. The summed E-state index contributed by atoms with van der Waals surface area (Å²) in [5.74, 6) is -0.245. The third-order valence-corrected chi connectivity index (χ3v) is 2.65. The summed E-state index contributed by atoms with van der Waals surface area (Å²) in [6.07, 6.45) is 3.61. The van der Waals surface area contributed by atoms with Crippen molar-refractivity contribution in [3.8, 4) is 5.88 Å². The molecule has 1 saturated carbocycles. The number of nitrogens with zero attached hydrogens (tertiary/aromatic N) is 1. The van der Waals surface area contributed by atoms with Gasteiger partial charge in [-0.05, 0) is 31.9 Å². The first-order valence-electron chi connectivity index (χ1n) is 6.36. The lowest BCUT2D eigenvalue weighted by Crippen LogP contribution is -2.38. The van der Waals surface area contributed by atoms with Crippen LogP contribution in [0.5, 0.6) is 5.88 Å². The van der Waals surface area contributed by atoms with E-state index in [1.165, 1.54) is 0 Å². The summed E-state index contributed by atoms with van der Waals surface area (Å²) in [7, 11) is 0. The number of carbonyl (C=O) groups is 2. The van der Waals surface area contributed by atoms with Gasteiger partial charge in [0.2, 0.25) is 11.8 Å². The predicted molar refractivity (Wildman–Crippen MR) is 68.9 cm³/mol. The minimum atomic E-state index is -0.359. The number of hydrogen-bond acceptors (Lipinski definition) is 4.